The maximum absolute atomic E-state index is 12.1. The van der Waals surface area contributed by atoms with Crippen LogP contribution < -0.4 is 5.32 Å². The van der Waals surface area contributed by atoms with Crippen LogP contribution in [-0.2, 0) is 6.42 Å². The standard InChI is InChI=1S/C12H10ClN3O3S/c1-2-8-6-20-12(14-8)15-11(17)9-4-3-7(13)5-10(9)16(18)19/h3-6H,2H2,1H3,(H,14,15,17). The molecule has 0 saturated carbocycles. The van der Waals surface area contributed by atoms with Gasteiger partial charge in [0.15, 0.2) is 5.13 Å². The molecule has 104 valence electrons. The number of amides is 1. The van der Waals surface area contributed by atoms with Gasteiger partial charge in [-0.1, -0.05) is 18.5 Å². The molecule has 0 aliphatic carbocycles. The van der Waals surface area contributed by atoms with Crippen molar-refractivity contribution in [3.05, 3.63) is 50.0 Å². The summed E-state index contributed by atoms with van der Waals surface area (Å²) in [6.07, 6.45) is 0.757. The van der Waals surface area contributed by atoms with Gasteiger partial charge >= 0.3 is 0 Å². The highest BCUT2D eigenvalue weighted by molar-refractivity contribution is 7.14. The van der Waals surface area contributed by atoms with Crippen molar-refractivity contribution >= 4 is 39.7 Å². The van der Waals surface area contributed by atoms with Crippen LogP contribution in [0.3, 0.4) is 0 Å². The molecule has 1 aromatic carbocycles. The van der Waals surface area contributed by atoms with E-state index in [0.29, 0.717) is 5.13 Å². The summed E-state index contributed by atoms with van der Waals surface area (Å²) in [6.45, 7) is 1.95. The smallest absolute Gasteiger partial charge is 0.283 e. The molecule has 0 atom stereocenters. The molecule has 2 aromatic rings. The van der Waals surface area contributed by atoms with Gasteiger partial charge in [-0.3, -0.25) is 20.2 Å². The second-order valence-corrected chi connectivity index (χ2v) is 5.16. The summed E-state index contributed by atoms with van der Waals surface area (Å²) < 4.78 is 0. The fraction of sp³-hybridized carbons (Fsp3) is 0.167. The summed E-state index contributed by atoms with van der Waals surface area (Å²) in [5, 5.41) is 15.9. The van der Waals surface area contributed by atoms with E-state index in [-0.39, 0.29) is 16.3 Å². The van der Waals surface area contributed by atoms with E-state index >= 15 is 0 Å². The summed E-state index contributed by atoms with van der Waals surface area (Å²) in [7, 11) is 0. The number of aromatic nitrogens is 1. The molecule has 0 saturated heterocycles. The highest BCUT2D eigenvalue weighted by Crippen LogP contribution is 2.25. The number of nitrogens with one attached hydrogen (secondary N) is 1. The average molecular weight is 312 g/mol. The zero-order chi connectivity index (χ0) is 14.7. The number of anilines is 1. The van der Waals surface area contributed by atoms with Crippen molar-refractivity contribution in [2.24, 2.45) is 0 Å². The minimum Gasteiger partial charge on any atom is -0.298 e. The SMILES string of the molecule is CCc1csc(NC(=O)c2ccc(Cl)cc2[N+](=O)[O-])n1. The van der Waals surface area contributed by atoms with Crippen molar-refractivity contribution in [2.75, 3.05) is 5.32 Å². The van der Waals surface area contributed by atoms with Crippen LogP contribution in [0.15, 0.2) is 23.6 Å². The molecule has 0 fully saturated rings. The first-order chi connectivity index (χ1) is 9.51. The third-order valence-electron chi connectivity index (χ3n) is 2.54. The quantitative estimate of drug-likeness (QED) is 0.691. The third kappa shape index (κ3) is 3.12. The first-order valence-corrected chi connectivity index (χ1v) is 6.96. The molecule has 20 heavy (non-hydrogen) atoms. The van der Waals surface area contributed by atoms with Gasteiger partial charge in [-0.2, -0.15) is 0 Å². The van der Waals surface area contributed by atoms with Gasteiger partial charge in [0.2, 0.25) is 0 Å². The Morgan fingerprint density at radius 3 is 2.90 bits per heavy atom. The largest absolute Gasteiger partial charge is 0.298 e. The Bertz CT molecular complexity index is 672. The predicted molar refractivity (Wildman–Crippen MR) is 77.6 cm³/mol. The van der Waals surface area contributed by atoms with E-state index in [2.05, 4.69) is 10.3 Å². The normalized spacial score (nSPS) is 10.3. The Kier molecular flexibility index (Phi) is 4.31. The molecule has 1 N–H and O–H groups in total. The molecule has 8 heteroatoms. The van der Waals surface area contributed by atoms with Gasteiger partial charge in [0, 0.05) is 16.5 Å². The van der Waals surface area contributed by atoms with Crippen LogP contribution in [0, 0.1) is 10.1 Å². The molecule has 0 aliphatic rings. The summed E-state index contributed by atoms with van der Waals surface area (Å²) >= 11 is 6.98. The van der Waals surface area contributed by atoms with E-state index < -0.39 is 10.8 Å². The van der Waals surface area contributed by atoms with Gasteiger partial charge in [-0.15, -0.1) is 11.3 Å². The Morgan fingerprint density at radius 2 is 2.30 bits per heavy atom. The minimum absolute atomic E-state index is 0.0485. The van der Waals surface area contributed by atoms with Crippen molar-refractivity contribution in [1.29, 1.82) is 0 Å². The van der Waals surface area contributed by atoms with Crippen LogP contribution in [0.2, 0.25) is 5.02 Å². The predicted octanol–water partition coefficient (Wildman–Crippen LogP) is 3.52. The number of benzene rings is 1. The summed E-state index contributed by atoms with van der Waals surface area (Å²) in [5.41, 5.74) is 0.478. The summed E-state index contributed by atoms with van der Waals surface area (Å²) in [6, 6.07) is 3.91. The van der Waals surface area contributed by atoms with Crippen LogP contribution in [0.25, 0.3) is 0 Å². The van der Waals surface area contributed by atoms with Crippen molar-refractivity contribution in [3.8, 4) is 0 Å². The zero-order valence-corrected chi connectivity index (χ0v) is 12.0. The second kappa shape index (κ2) is 5.98. The molecule has 1 aromatic heterocycles. The van der Waals surface area contributed by atoms with Crippen LogP contribution in [-0.4, -0.2) is 15.8 Å². The van der Waals surface area contributed by atoms with Crippen molar-refractivity contribution < 1.29 is 9.72 Å². The first kappa shape index (κ1) is 14.4. The topological polar surface area (TPSA) is 85.1 Å². The van der Waals surface area contributed by atoms with E-state index in [1.807, 2.05) is 12.3 Å². The molecule has 0 aliphatic heterocycles. The number of carbonyl (C=O) groups is 1. The van der Waals surface area contributed by atoms with Gasteiger partial charge in [0.05, 0.1) is 10.6 Å². The Hall–Kier alpha value is -1.99. The van der Waals surface area contributed by atoms with Crippen molar-refractivity contribution in [2.45, 2.75) is 13.3 Å². The highest BCUT2D eigenvalue weighted by Gasteiger charge is 2.21. The number of nitro benzene ring substituents is 1. The fourth-order valence-electron chi connectivity index (χ4n) is 1.54. The van der Waals surface area contributed by atoms with E-state index in [4.69, 9.17) is 11.6 Å². The Labute approximate surface area is 123 Å². The molecule has 2 rings (SSSR count). The maximum atomic E-state index is 12.1. The number of hydrogen-bond donors (Lipinski definition) is 1. The van der Waals surface area contributed by atoms with E-state index in [9.17, 15) is 14.9 Å². The highest BCUT2D eigenvalue weighted by atomic mass is 35.5. The lowest BCUT2D eigenvalue weighted by Crippen LogP contribution is -2.13. The molecular weight excluding hydrogens is 302 g/mol. The van der Waals surface area contributed by atoms with Gasteiger partial charge < -0.3 is 0 Å². The zero-order valence-electron chi connectivity index (χ0n) is 10.4. The number of thiazole rings is 1. The first-order valence-electron chi connectivity index (χ1n) is 5.71. The Balaban J connectivity index is 2.27. The number of halogens is 1. The maximum Gasteiger partial charge on any atom is 0.283 e. The monoisotopic (exact) mass is 311 g/mol. The number of nitrogens with zero attached hydrogens (tertiary/aromatic N) is 2. The van der Waals surface area contributed by atoms with Gasteiger partial charge in [-0.05, 0) is 18.6 Å². The van der Waals surface area contributed by atoms with Crippen LogP contribution in [0.4, 0.5) is 10.8 Å². The number of hydrogen-bond acceptors (Lipinski definition) is 5. The number of aryl methyl sites for hydroxylation is 1. The van der Waals surface area contributed by atoms with E-state index in [1.165, 1.54) is 23.5 Å². The van der Waals surface area contributed by atoms with Crippen molar-refractivity contribution in [3.63, 3.8) is 0 Å². The third-order valence-corrected chi connectivity index (χ3v) is 3.58. The lowest BCUT2D eigenvalue weighted by molar-refractivity contribution is -0.385. The molecule has 0 bridgehead atoms. The molecule has 1 heterocycles. The lowest BCUT2D eigenvalue weighted by Gasteiger charge is -2.03. The summed E-state index contributed by atoms with van der Waals surface area (Å²) in [4.78, 5) is 26.5. The molecule has 0 radical (unpaired) electrons. The molecule has 1 amide bonds. The van der Waals surface area contributed by atoms with Gasteiger partial charge in [0.1, 0.15) is 5.56 Å². The average Bonchev–Trinajstić information content (AvgIpc) is 2.86. The van der Waals surface area contributed by atoms with E-state index in [0.717, 1.165) is 18.2 Å². The van der Waals surface area contributed by atoms with Crippen LogP contribution in [0.1, 0.15) is 23.0 Å². The van der Waals surface area contributed by atoms with Gasteiger partial charge in [-0.25, -0.2) is 4.98 Å². The number of rotatable bonds is 4. The fourth-order valence-corrected chi connectivity index (χ4v) is 2.49. The minimum atomic E-state index is -0.639. The van der Waals surface area contributed by atoms with Crippen LogP contribution >= 0.6 is 22.9 Å². The molecule has 0 spiro atoms. The van der Waals surface area contributed by atoms with Gasteiger partial charge in [0.25, 0.3) is 11.6 Å². The molecule has 6 nitrogen and oxygen atoms in total. The Morgan fingerprint density at radius 1 is 1.55 bits per heavy atom. The number of nitro groups is 1. The molecule has 0 unspecified atom stereocenters. The summed E-state index contributed by atoms with van der Waals surface area (Å²) in [5.74, 6) is -0.578. The number of carbonyl (C=O) groups excluding carboxylic acids is 1. The van der Waals surface area contributed by atoms with E-state index in [1.54, 1.807) is 0 Å². The van der Waals surface area contributed by atoms with Crippen molar-refractivity contribution in [1.82, 2.24) is 4.98 Å². The second-order valence-electron chi connectivity index (χ2n) is 3.87. The lowest BCUT2D eigenvalue weighted by atomic mass is 10.1. The molecular formula is C12H10ClN3O3S. The van der Waals surface area contributed by atoms with Crippen LogP contribution in [0.5, 0.6) is 0 Å².